The average molecular weight is 859 g/mol. The summed E-state index contributed by atoms with van der Waals surface area (Å²) in [6, 6.07) is 61.3. The minimum absolute atomic E-state index is 0. The van der Waals surface area contributed by atoms with E-state index in [-0.39, 0.29) is 40.7 Å². The third-order valence-electron chi connectivity index (χ3n) is 10.9. The van der Waals surface area contributed by atoms with E-state index in [0.717, 1.165) is 12.8 Å². The van der Waals surface area contributed by atoms with Gasteiger partial charge in [-0.15, -0.1) is 33.7 Å². The van der Waals surface area contributed by atoms with Crippen LogP contribution in [-0.4, -0.2) is 9.52 Å². The molecule has 0 aliphatic heterocycles. The normalized spacial score (nSPS) is 13.6. The van der Waals surface area contributed by atoms with Crippen LogP contribution in [0.25, 0.3) is 75.8 Å². The van der Waals surface area contributed by atoms with Gasteiger partial charge in [-0.3, -0.25) is 0 Å². The second-order valence-electron chi connectivity index (χ2n) is 13.6. The number of allylic oxidation sites excluding steroid dienone is 1. The zero-order valence-electron chi connectivity index (χ0n) is 30.3. The van der Waals surface area contributed by atoms with E-state index in [9.17, 15) is 0 Å². The van der Waals surface area contributed by atoms with E-state index in [2.05, 4.69) is 171 Å². The molecule has 0 saturated heterocycles. The maximum Gasteiger partial charge on any atom is 4.00 e. The monoisotopic (exact) mass is 860 g/mol. The van der Waals surface area contributed by atoms with E-state index in [1.54, 1.807) is 0 Å². The van der Waals surface area contributed by atoms with Crippen LogP contribution >= 0.6 is 0 Å². The largest absolute Gasteiger partial charge is 4.00 e. The van der Waals surface area contributed by atoms with Crippen molar-refractivity contribution in [2.45, 2.75) is 18.8 Å². The summed E-state index contributed by atoms with van der Waals surface area (Å²) in [4.78, 5) is 0. The Labute approximate surface area is 335 Å². The molecule has 9 aromatic rings. The second-order valence-corrected chi connectivity index (χ2v) is 14.8. The third-order valence-corrected chi connectivity index (χ3v) is 12.5. The summed E-state index contributed by atoms with van der Waals surface area (Å²) in [5.74, 6) is 0.293. The van der Waals surface area contributed by atoms with Crippen molar-refractivity contribution in [1.29, 1.82) is 0 Å². The molecule has 0 saturated carbocycles. The first-order valence-electron chi connectivity index (χ1n) is 17.7. The van der Waals surface area contributed by atoms with Gasteiger partial charge in [0, 0.05) is 5.92 Å². The molecule has 10 rings (SSSR count). The van der Waals surface area contributed by atoms with Crippen molar-refractivity contribution in [2.75, 3.05) is 0 Å². The molecule has 1 aliphatic carbocycles. The van der Waals surface area contributed by atoms with Crippen LogP contribution in [0.1, 0.15) is 35.4 Å². The van der Waals surface area contributed by atoms with Crippen LogP contribution in [0.4, 0.5) is 0 Å². The Kier molecular flexibility index (Phi) is 10.3. The van der Waals surface area contributed by atoms with Crippen LogP contribution in [-0.2, 0) is 25.8 Å². The van der Waals surface area contributed by atoms with Crippen LogP contribution in [0.15, 0.2) is 164 Å². The first-order valence-corrected chi connectivity index (χ1v) is 18.7. The van der Waals surface area contributed by atoms with Crippen LogP contribution in [0.3, 0.4) is 0 Å². The first kappa shape index (κ1) is 36.6. The molecular weight excluding hydrogens is 819 g/mol. The minimum atomic E-state index is 0. The molecule has 0 fully saturated rings. The number of benzene rings is 8. The molecule has 1 aliphatic rings. The zero-order valence-corrected chi connectivity index (χ0v) is 34.9. The van der Waals surface area contributed by atoms with E-state index in [4.69, 9.17) is 0 Å². The summed E-state index contributed by atoms with van der Waals surface area (Å²) in [6.45, 7) is 4.39. The van der Waals surface area contributed by atoms with Gasteiger partial charge in [0.25, 0.3) is 0 Å². The zero-order chi connectivity index (χ0) is 33.2. The van der Waals surface area contributed by atoms with Gasteiger partial charge in [-0.1, -0.05) is 169 Å². The quantitative estimate of drug-likeness (QED) is 0.0888. The molecule has 0 spiro atoms. The molecule has 2 radical (unpaired) electrons. The standard InChI is InChI=1S/C49H34Si.2CH3.Hf/c1-2-13-40-39-22-9-10-23-42(39)49(47(40)43-25-12-18-34-29-27-32-15-4-7-20-37(32)46(34)43)50-48-38-21-8-5-16-35(38)30-44(48)41-24-11-17-33-28-26-31-14-3-6-19-36(31)45(33)41;;;/h3-12,14-30,40H,1-2,13H2;2*1H3;/q-2;2*-1;+4. The summed E-state index contributed by atoms with van der Waals surface area (Å²) in [6.07, 6.45) is 1.91. The van der Waals surface area contributed by atoms with E-state index >= 15 is 0 Å². The maximum atomic E-state index is 4.39. The second kappa shape index (κ2) is 14.9. The van der Waals surface area contributed by atoms with Gasteiger partial charge < -0.3 is 21.8 Å². The van der Waals surface area contributed by atoms with Gasteiger partial charge in [-0.2, -0.15) is 6.42 Å². The summed E-state index contributed by atoms with van der Waals surface area (Å²) in [5, 5.41) is 16.0. The topological polar surface area (TPSA) is 0 Å². The molecule has 0 bridgehead atoms. The van der Waals surface area contributed by atoms with E-state index in [0.29, 0.717) is 15.4 Å². The number of rotatable bonds is 6. The Morgan fingerprint density at radius 1 is 0.509 bits per heavy atom. The number of hydrogen-bond acceptors (Lipinski definition) is 0. The van der Waals surface area contributed by atoms with E-state index < -0.39 is 0 Å². The van der Waals surface area contributed by atoms with Gasteiger partial charge in [0.05, 0.1) is 9.52 Å². The van der Waals surface area contributed by atoms with Gasteiger partial charge in [0.1, 0.15) is 0 Å². The van der Waals surface area contributed by atoms with Crippen molar-refractivity contribution < 1.29 is 25.8 Å². The fraction of sp³-hybridized carbons (Fsp3) is 0.0588. The molecule has 0 nitrogen and oxygen atoms in total. The van der Waals surface area contributed by atoms with Crippen molar-refractivity contribution in [3.05, 3.63) is 202 Å². The SMILES string of the molecule is [CH2-]CCC1C(c2cccc3ccc4ccccc4c23)=C([Si]c2c(-c3cccc4ccc5ccccc5c34)[cH-]c3ccccc23)c2ccccc21.[CH3-].[CH3-].[Hf+4]. The molecule has 53 heavy (non-hydrogen) atoms. The molecule has 9 aromatic carbocycles. The van der Waals surface area contributed by atoms with Crippen LogP contribution < -0.4 is 5.19 Å². The molecule has 0 heterocycles. The van der Waals surface area contributed by atoms with Crippen molar-refractivity contribution in [1.82, 2.24) is 0 Å². The molecule has 0 amide bonds. The molecule has 1 atom stereocenters. The average Bonchev–Trinajstić information content (AvgIpc) is 3.69. The Morgan fingerprint density at radius 3 is 1.70 bits per heavy atom. The van der Waals surface area contributed by atoms with Gasteiger partial charge in [0.15, 0.2) is 0 Å². The molecule has 252 valence electrons. The van der Waals surface area contributed by atoms with Gasteiger partial charge in [-0.25, -0.2) is 0 Å². The summed E-state index contributed by atoms with van der Waals surface area (Å²) in [5.41, 5.74) is 8.35. The molecular formula is C51H40HfSi. The molecule has 0 N–H and O–H groups in total. The van der Waals surface area contributed by atoms with E-state index in [1.807, 2.05) is 0 Å². The fourth-order valence-corrected chi connectivity index (χ4v) is 10.5. The Bertz CT molecular complexity index is 2820. The van der Waals surface area contributed by atoms with Crippen molar-refractivity contribution in [3.8, 4) is 11.1 Å². The number of fused-ring (bicyclic) bond motifs is 8. The van der Waals surface area contributed by atoms with Crippen LogP contribution in [0.5, 0.6) is 0 Å². The maximum absolute atomic E-state index is 4.39. The first-order chi connectivity index (χ1) is 24.8. The third kappa shape index (κ3) is 5.88. The Balaban J connectivity index is 0.00000145. The number of hydrogen-bond donors (Lipinski definition) is 0. The van der Waals surface area contributed by atoms with Gasteiger partial charge in [-0.05, 0) is 65.4 Å². The van der Waals surface area contributed by atoms with Crippen molar-refractivity contribution in [2.24, 2.45) is 0 Å². The van der Waals surface area contributed by atoms with Crippen LogP contribution in [0, 0.1) is 21.8 Å². The summed E-state index contributed by atoms with van der Waals surface area (Å²) >= 11 is 0. The Hall–Kier alpha value is -4.76. The van der Waals surface area contributed by atoms with Gasteiger partial charge >= 0.3 is 25.8 Å². The fourth-order valence-electron chi connectivity index (χ4n) is 8.73. The smallest absolute Gasteiger partial charge is 0.358 e. The predicted octanol–water partition coefficient (Wildman–Crippen LogP) is 13.3. The minimum Gasteiger partial charge on any atom is -0.358 e. The van der Waals surface area contributed by atoms with E-state index in [1.165, 1.54) is 97.6 Å². The molecule has 1 unspecified atom stereocenters. The molecule has 2 heteroatoms. The summed E-state index contributed by atoms with van der Waals surface area (Å²) in [7, 11) is 0.479. The van der Waals surface area contributed by atoms with Crippen molar-refractivity contribution >= 4 is 79.3 Å². The van der Waals surface area contributed by atoms with Crippen molar-refractivity contribution in [3.63, 3.8) is 0 Å². The Morgan fingerprint density at radius 2 is 1.02 bits per heavy atom. The van der Waals surface area contributed by atoms with Crippen LogP contribution in [0.2, 0.25) is 0 Å². The summed E-state index contributed by atoms with van der Waals surface area (Å²) < 4.78 is 0. The predicted molar refractivity (Wildman–Crippen MR) is 230 cm³/mol. The van der Waals surface area contributed by atoms with Gasteiger partial charge in [0.2, 0.25) is 0 Å². The molecule has 0 aromatic heterocycles.